The Balaban J connectivity index is 1.52. The number of aromatic nitrogens is 3. The van der Waals surface area contributed by atoms with Crippen molar-refractivity contribution in [1.29, 1.82) is 0 Å². The van der Waals surface area contributed by atoms with Crippen LogP contribution < -0.4 is 10.1 Å². The minimum atomic E-state index is -4.67. The first-order valence-electron chi connectivity index (χ1n) is 10.1. The minimum absolute atomic E-state index is 0.0111. The molecule has 0 bridgehead atoms. The molecule has 0 radical (unpaired) electrons. The van der Waals surface area contributed by atoms with Crippen LogP contribution in [-0.4, -0.2) is 58.8 Å². The number of fused-ring (bicyclic) bond motifs is 2. The molecule has 5 rings (SSSR count). The number of anilines is 1. The molecule has 1 saturated heterocycles. The quantitative estimate of drug-likeness (QED) is 0.679. The van der Waals surface area contributed by atoms with E-state index in [2.05, 4.69) is 20.4 Å². The van der Waals surface area contributed by atoms with Crippen LogP contribution in [0.25, 0.3) is 11.0 Å². The molecule has 2 aliphatic heterocycles. The Morgan fingerprint density at radius 1 is 1.13 bits per heavy atom. The van der Waals surface area contributed by atoms with Gasteiger partial charge in [-0.2, -0.15) is 0 Å². The SMILES string of the molecule is COC1CCN(C2COc3ccccc3C2Nc2cccc3nn(C(F)(F)F)nc23)C1. The lowest BCUT2D eigenvalue weighted by atomic mass is 9.94. The van der Waals surface area contributed by atoms with Gasteiger partial charge in [-0.15, -0.1) is 23.4 Å². The second-order valence-electron chi connectivity index (χ2n) is 7.81. The summed E-state index contributed by atoms with van der Waals surface area (Å²) < 4.78 is 50.9. The summed E-state index contributed by atoms with van der Waals surface area (Å²) in [5, 5.41) is 10.8. The first kappa shape index (κ1) is 20.1. The fourth-order valence-corrected chi connectivity index (χ4v) is 4.42. The number of ether oxygens (including phenoxy) is 2. The Morgan fingerprint density at radius 3 is 2.74 bits per heavy atom. The first-order valence-corrected chi connectivity index (χ1v) is 10.1. The Kier molecular flexibility index (Phi) is 4.98. The normalized spacial score (nSPS) is 24.2. The average Bonchev–Trinajstić information content (AvgIpc) is 3.41. The van der Waals surface area contributed by atoms with E-state index in [4.69, 9.17) is 9.47 Å². The fourth-order valence-electron chi connectivity index (χ4n) is 4.42. The summed E-state index contributed by atoms with van der Waals surface area (Å²) in [6, 6.07) is 12.5. The van der Waals surface area contributed by atoms with Crippen molar-refractivity contribution >= 4 is 16.7 Å². The monoisotopic (exact) mass is 433 g/mol. The van der Waals surface area contributed by atoms with Crippen LogP contribution in [0.5, 0.6) is 5.75 Å². The Bertz CT molecular complexity index is 1090. The summed E-state index contributed by atoms with van der Waals surface area (Å²) in [7, 11) is 1.71. The highest BCUT2D eigenvalue weighted by atomic mass is 19.4. The van der Waals surface area contributed by atoms with E-state index in [0.29, 0.717) is 12.3 Å². The van der Waals surface area contributed by atoms with E-state index in [1.165, 1.54) is 6.07 Å². The van der Waals surface area contributed by atoms with Crippen LogP contribution in [0.1, 0.15) is 18.0 Å². The number of hydrogen-bond donors (Lipinski definition) is 1. The topological polar surface area (TPSA) is 64.4 Å². The van der Waals surface area contributed by atoms with E-state index in [-0.39, 0.29) is 34.0 Å². The number of nitrogens with one attached hydrogen (secondary N) is 1. The van der Waals surface area contributed by atoms with Gasteiger partial charge in [0.2, 0.25) is 0 Å². The second-order valence-corrected chi connectivity index (χ2v) is 7.81. The largest absolute Gasteiger partial charge is 0.521 e. The van der Waals surface area contributed by atoms with E-state index in [1.807, 2.05) is 24.3 Å². The Labute approximate surface area is 176 Å². The van der Waals surface area contributed by atoms with Crippen molar-refractivity contribution in [3.63, 3.8) is 0 Å². The zero-order valence-corrected chi connectivity index (χ0v) is 16.8. The van der Waals surface area contributed by atoms with Gasteiger partial charge in [-0.05, 0) is 24.6 Å². The lowest BCUT2D eigenvalue weighted by Gasteiger charge is -2.39. The lowest BCUT2D eigenvalue weighted by Crippen LogP contribution is -2.47. The molecule has 0 saturated carbocycles. The third kappa shape index (κ3) is 3.70. The summed E-state index contributed by atoms with van der Waals surface area (Å²) >= 11 is 0. The van der Waals surface area contributed by atoms with Gasteiger partial charge >= 0.3 is 6.30 Å². The van der Waals surface area contributed by atoms with E-state index < -0.39 is 6.30 Å². The highest BCUT2D eigenvalue weighted by molar-refractivity contribution is 5.87. The van der Waals surface area contributed by atoms with E-state index in [9.17, 15) is 13.2 Å². The molecule has 3 heterocycles. The predicted molar refractivity (Wildman–Crippen MR) is 108 cm³/mol. The Morgan fingerprint density at radius 2 is 1.97 bits per heavy atom. The van der Waals surface area contributed by atoms with Crippen molar-refractivity contribution in [3.8, 4) is 5.75 Å². The highest BCUT2D eigenvalue weighted by Crippen LogP contribution is 2.38. The molecule has 1 N–H and O–H groups in total. The molecule has 1 fully saturated rings. The zero-order chi connectivity index (χ0) is 21.6. The zero-order valence-electron chi connectivity index (χ0n) is 16.8. The van der Waals surface area contributed by atoms with Crippen LogP contribution in [0.3, 0.4) is 0 Å². The van der Waals surface area contributed by atoms with Gasteiger partial charge in [-0.3, -0.25) is 4.90 Å². The van der Waals surface area contributed by atoms with Crippen molar-refractivity contribution in [3.05, 3.63) is 48.0 Å². The van der Waals surface area contributed by atoms with Crippen molar-refractivity contribution < 1.29 is 22.6 Å². The van der Waals surface area contributed by atoms with Gasteiger partial charge < -0.3 is 14.8 Å². The van der Waals surface area contributed by atoms with Crippen LogP contribution in [0.2, 0.25) is 0 Å². The summed E-state index contributed by atoms with van der Waals surface area (Å²) in [6.07, 6.45) is -3.58. The number of hydrogen-bond acceptors (Lipinski definition) is 6. The molecule has 2 aliphatic rings. The van der Waals surface area contributed by atoms with Crippen LogP contribution >= 0.6 is 0 Å². The molecule has 0 aliphatic carbocycles. The first-order chi connectivity index (χ1) is 14.9. The van der Waals surface area contributed by atoms with Gasteiger partial charge in [0.1, 0.15) is 23.4 Å². The minimum Gasteiger partial charge on any atom is -0.491 e. The number of likely N-dealkylation sites (tertiary alicyclic amines) is 1. The number of rotatable bonds is 4. The van der Waals surface area contributed by atoms with Gasteiger partial charge in [-0.1, -0.05) is 29.1 Å². The van der Waals surface area contributed by atoms with Crippen molar-refractivity contribution in [2.45, 2.75) is 30.9 Å². The van der Waals surface area contributed by atoms with Crippen LogP contribution in [0.4, 0.5) is 18.9 Å². The van der Waals surface area contributed by atoms with E-state index in [0.717, 1.165) is 30.8 Å². The third-order valence-electron chi connectivity index (χ3n) is 5.98. The van der Waals surface area contributed by atoms with Gasteiger partial charge in [0.15, 0.2) is 0 Å². The number of benzene rings is 2. The number of para-hydroxylation sites is 1. The summed E-state index contributed by atoms with van der Waals surface area (Å²) in [5.74, 6) is 0.768. The van der Waals surface area contributed by atoms with Crippen molar-refractivity contribution in [2.24, 2.45) is 0 Å². The predicted octanol–water partition coefficient (Wildman–Crippen LogP) is 3.54. The van der Waals surface area contributed by atoms with Crippen LogP contribution in [0.15, 0.2) is 42.5 Å². The maximum atomic E-state index is 13.1. The molecule has 0 amide bonds. The summed E-state index contributed by atoms with van der Waals surface area (Å²) in [6.45, 7) is 2.11. The standard InChI is InChI=1S/C21H22F3N5O2/c1-30-13-9-10-28(11-13)17-12-31-18-8-3-2-5-14(18)19(17)25-15-6-4-7-16-20(15)27-29(26-16)21(22,23)24/h2-8,13,17,19,25H,9-12H2,1H3. The molecule has 3 unspecified atom stereocenters. The highest BCUT2D eigenvalue weighted by Gasteiger charge is 2.39. The molecule has 10 heteroatoms. The van der Waals surface area contributed by atoms with Gasteiger partial charge in [0, 0.05) is 25.8 Å². The van der Waals surface area contributed by atoms with Crippen LogP contribution in [0, 0.1) is 0 Å². The molecule has 1 aromatic heterocycles. The average molecular weight is 433 g/mol. The summed E-state index contributed by atoms with van der Waals surface area (Å²) in [4.78, 5) is 2.12. The molecular formula is C21H22F3N5O2. The number of nitrogens with zero attached hydrogens (tertiary/aromatic N) is 4. The molecule has 0 spiro atoms. The smallest absolute Gasteiger partial charge is 0.491 e. The van der Waals surface area contributed by atoms with Crippen molar-refractivity contribution in [2.75, 3.05) is 32.1 Å². The third-order valence-corrected chi connectivity index (χ3v) is 5.98. The molecule has 3 atom stereocenters. The molecular weight excluding hydrogens is 411 g/mol. The molecule has 31 heavy (non-hydrogen) atoms. The maximum absolute atomic E-state index is 13.1. The number of halogens is 3. The molecule has 164 valence electrons. The summed E-state index contributed by atoms with van der Waals surface area (Å²) in [5.41, 5.74) is 1.82. The van der Waals surface area contributed by atoms with Gasteiger partial charge in [0.25, 0.3) is 0 Å². The second kappa shape index (κ2) is 7.69. The molecule has 2 aromatic carbocycles. The maximum Gasteiger partial charge on any atom is 0.521 e. The van der Waals surface area contributed by atoms with Crippen LogP contribution in [-0.2, 0) is 11.0 Å². The Hall–Kier alpha value is -2.85. The lowest BCUT2D eigenvalue weighted by molar-refractivity contribution is -0.220. The van der Waals surface area contributed by atoms with Crippen molar-refractivity contribution in [1.82, 2.24) is 19.9 Å². The fraction of sp³-hybridized carbons (Fsp3) is 0.429. The molecule has 7 nitrogen and oxygen atoms in total. The van der Waals surface area contributed by atoms with Gasteiger partial charge in [-0.25, -0.2) is 0 Å². The van der Waals surface area contributed by atoms with Gasteiger partial charge in [0.05, 0.1) is 23.9 Å². The van der Waals surface area contributed by atoms with E-state index in [1.54, 1.807) is 19.2 Å². The van der Waals surface area contributed by atoms with E-state index >= 15 is 0 Å². The molecule has 3 aromatic rings. The number of alkyl halides is 3. The number of methoxy groups -OCH3 is 1.